The number of nitrogens with zero attached hydrogens (tertiary/aromatic N) is 3. The van der Waals surface area contributed by atoms with E-state index in [2.05, 4.69) is 29.1 Å². The molecule has 10 nitrogen and oxygen atoms in total. The summed E-state index contributed by atoms with van der Waals surface area (Å²) in [5.41, 5.74) is -0.0790. The van der Waals surface area contributed by atoms with E-state index in [4.69, 9.17) is 14.2 Å². The van der Waals surface area contributed by atoms with Gasteiger partial charge in [0.2, 0.25) is 11.8 Å². The molecule has 3 fully saturated rings. The van der Waals surface area contributed by atoms with E-state index in [-0.39, 0.29) is 48.2 Å². The first-order chi connectivity index (χ1) is 23.1. The summed E-state index contributed by atoms with van der Waals surface area (Å²) in [6.45, 7) is 14.2. The number of halogens is 1. The lowest BCUT2D eigenvalue weighted by atomic mass is 9.70. The van der Waals surface area contributed by atoms with Gasteiger partial charge >= 0.3 is 0 Å². The number of aliphatic hydroxyl groups excluding tert-OH is 1. The van der Waals surface area contributed by atoms with Crippen molar-refractivity contribution in [3.8, 4) is 11.5 Å². The second-order valence-corrected chi connectivity index (χ2v) is 13.8. The van der Waals surface area contributed by atoms with Crippen LogP contribution in [-0.2, 0) is 19.1 Å². The van der Waals surface area contributed by atoms with Crippen LogP contribution in [0.2, 0.25) is 0 Å². The topological polar surface area (TPSA) is 109 Å². The van der Waals surface area contributed by atoms with Crippen LogP contribution >= 0.6 is 15.9 Å². The first kappa shape index (κ1) is 35.6. The maximum atomic E-state index is 15.0. The van der Waals surface area contributed by atoms with Crippen molar-refractivity contribution in [3.63, 3.8) is 0 Å². The van der Waals surface area contributed by atoms with E-state index in [9.17, 15) is 19.5 Å². The van der Waals surface area contributed by atoms with Gasteiger partial charge in [0.15, 0.2) is 0 Å². The van der Waals surface area contributed by atoms with E-state index >= 15 is 0 Å². The standard InChI is InChI=1S/C37H46BrN3O7/c1-7-19-39(24-13-17-27(18-14-24)47-10-4)34(43)30-31-35(44)41(29(22-42)23(5)9-3)33(37(31)21-28(38)32(30)48-37)36(45)40(20-8-2)25-11-15-26(46-6)16-12-25/h7-8,11-18,23,28-33,42H,1-2,9-10,19-22H2,3-6H3/t23-,28?,29-,30+,31-,32+,33?,37?/m0/s1. The number of alkyl halides is 1. The molecule has 2 aromatic carbocycles. The molecule has 2 bridgehead atoms. The third-order valence-electron chi connectivity index (χ3n) is 10.1. The second kappa shape index (κ2) is 14.8. The number of carbonyl (C=O) groups is 3. The van der Waals surface area contributed by atoms with Gasteiger partial charge in [-0.25, -0.2) is 0 Å². The Morgan fingerprint density at radius 3 is 2.10 bits per heavy atom. The molecule has 3 heterocycles. The summed E-state index contributed by atoms with van der Waals surface area (Å²) in [4.78, 5) is 49.0. The Balaban J connectivity index is 1.61. The average molecular weight is 725 g/mol. The summed E-state index contributed by atoms with van der Waals surface area (Å²) in [6, 6.07) is 12.6. The number of aliphatic hydroxyl groups is 1. The zero-order valence-electron chi connectivity index (χ0n) is 28.1. The van der Waals surface area contributed by atoms with Crippen LogP contribution in [0.4, 0.5) is 11.4 Å². The molecule has 3 saturated heterocycles. The highest BCUT2D eigenvalue weighted by molar-refractivity contribution is 9.09. The highest BCUT2D eigenvalue weighted by atomic mass is 79.9. The van der Waals surface area contributed by atoms with Crippen molar-refractivity contribution in [2.24, 2.45) is 17.8 Å². The van der Waals surface area contributed by atoms with Gasteiger partial charge in [0.05, 0.1) is 44.3 Å². The largest absolute Gasteiger partial charge is 0.497 e. The SMILES string of the molecule is C=CCN(C(=O)C1N([C@@H](CO)[C@@H](C)CC)C(=O)[C@@H]2[C@@H](C(=O)N(CC=C)c3ccc(OCC)cc3)[C@@H]3OC12CC3Br)c1ccc(OC)cc1. The van der Waals surface area contributed by atoms with Crippen molar-refractivity contribution in [2.45, 2.75) is 62.2 Å². The van der Waals surface area contributed by atoms with E-state index in [1.807, 2.05) is 32.9 Å². The summed E-state index contributed by atoms with van der Waals surface area (Å²) in [7, 11) is 1.57. The fourth-order valence-electron chi connectivity index (χ4n) is 7.68. The highest BCUT2D eigenvalue weighted by Gasteiger charge is 2.77. The molecule has 3 amide bonds. The van der Waals surface area contributed by atoms with Gasteiger partial charge in [-0.15, -0.1) is 13.2 Å². The molecule has 258 valence electrons. The quantitative estimate of drug-likeness (QED) is 0.204. The van der Waals surface area contributed by atoms with E-state index in [1.165, 1.54) is 4.90 Å². The van der Waals surface area contributed by atoms with Crippen LogP contribution in [0.15, 0.2) is 73.8 Å². The maximum Gasteiger partial charge on any atom is 0.253 e. The minimum atomic E-state index is -1.31. The molecule has 0 radical (unpaired) electrons. The van der Waals surface area contributed by atoms with Crippen LogP contribution in [0.3, 0.4) is 0 Å². The first-order valence-electron chi connectivity index (χ1n) is 16.6. The first-order valence-corrected chi connectivity index (χ1v) is 17.5. The molecular formula is C37H46BrN3O7. The van der Waals surface area contributed by atoms with Crippen LogP contribution in [-0.4, -0.2) is 89.8 Å². The third-order valence-corrected chi connectivity index (χ3v) is 10.9. The van der Waals surface area contributed by atoms with Crippen molar-refractivity contribution >= 4 is 45.0 Å². The van der Waals surface area contributed by atoms with Crippen molar-refractivity contribution in [2.75, 3.05) is 43.2 Å². The predicted octanol–water partition coefficient (Wildman–Crippen LogP) is 4.99. The van der Waals surface area contributed by atoms with Crippen molar-refractivity contribution in [1.82, 2.24) is 4.90 Å². The molecule has 5 rings (SSSR count). The molecule has 8 atom stereocenters. The molecule has 48 heavy (non-hydrogen) atoms. The van der Waals surface area contributed by atoms with Gasteiger partial charge in [-0.3, -0.25) is 14.4 Å². The minimum Gasteiger partial charge on any atom is -0.497 e. The zero-order chi connectivity index (χ0) is 34.7. The molecule has 3 unspecified atom stereocenters. The summed E-state index contributed by atoms with van der Waals surface area (Å²) < 4.78 is 17.7. The minimum absolute atomic E-state index is 0.134. The fourth-order valence-corrected chi connectivity index (χ4v) is 8.63. The molecule has 1 spiro atoms. The van der Waals surface area contributed by atoms with Gasteiger partial charge in [0, 0.05) is 29.3 Å². The number of rotatable bonds is 15. The molecule has 11 heteroatoms. The zero-order valence-corrected chi connectivity index (χ0v) is 29.7. The summed E-state index contributed by atoms with van der Waals surface area (Å²) in [6.07, 6.45) is 3.64. The van der Waals surface area contributed by atoms with Crippen LogP contribution in [0.25, 0.3) is 0 Å². The van der Waals surface area contributed by atoms with E-state index in [0.29, 0.717) is 42.3 Å². The molecule has 3 aliphatic heterocycles. The lowest BCUT2D eigenvalue weighted by molar-refractivity contribution is -0.145. The van der Waals surface area contributed by atoms with E-state index in [0.717, 1.165) is 0 Å². The monoisotopic (exact) mass is 723 g/mol. The molecule has 1 N–H and O–H groups in total. The lowest BCUT2D eigenvalue weighted by Gasteiger charge is -2.41. The van der Waals surface area contributed by atoms with Gasteiger partial charge in [-0.05, 0) is 67.8 Å². The third kappa shape index (κ3) is 6.05. The van der Waals surface area contributed by atoms with Crippen molar-refractivity contribution in [1.29, 1.82) is 0 Å². The van der Waals surface area contributed by atoms with Gasteiger partial charge in [-0.1, -0.05) is 48.4 Å². The van der Waals surface area contributed by atoms with E-state index < -0.39 is 35.6 Å². The number of hydrogen-bond donors (Lipinski definition) is 1. The van der Waals surface area contributed by atoms with E-state index in [1.54, 1.807) is 65.5 Å². The van der Waals surface area contributed by atoms with Crippen molar-refractivity contribution in [3.05, 3.63) is 73.8 Å². The number of anilines is 2. The predicted molar refractivity (Wildman–Crippen MR) is 189 cm³/mol. The van der Waals surface area contributed by atoms with Gasteiger partial charge < -0.3 is 34.0 Å². The Kier molecular flexibility index (Phi) is 11.0. The Labute approximate surface area is 291 Å². The number of methoxy groups -OCH3 is 1. The normalized spacial score (nSPS) is 26.8. The van der Waals surface area contributed by atoms with Crippen LogP contribution in [0.5, 0.6) is 11.5 Å². The number of fused-ring (bicyclic) bond motifs is 1. The fraction of sp³-hybridized carbons (Fsp3) is 0.486. The molecular weight excluding hydrogens is 678 g/mol. The molecule has 0 aliphatic carbocycles. The lowest BCUT2D eigenvalue weighted by Crippen LogP contribution is -2.60. The Hall–Kier alpha value is -3.67. The smallest absolute Gasteiger partial charge is 0.253 e. The Bertz CT molecular complexity index is 1500. The maximum absolute atomic E-state index is 15.0. The summed E-state index contributed by atoms with van der Waals surface area (Å²) in [5, 5.41) is 10.8. The molecule has 0 aromatic heterocycles. The number of ether oxygens (including phenoxy) is 3. The number of hydrogen-bond acceptors (Lipinski definition) is 7. The van der Waals surface area contributed by atoms with Crippen LogP contribution < -0.4 is 19.3 Å². The van der Waals surface area contributed by atoms with Gasteiger partial charge in [-0.2, -0.15) is 0 Å². The average Bonchev–Trinajstić information content (AvgIpc) is 3.69. The Morgan fingerprint density at radius 1 is 1.04 bits per heavy atom. The summed E-state index contributed by atoms with van der Waals surface area (Å²) >= 11 is 3.78. The molecule has 3 aliphatic rings. The van der Waals surface area contributed by atoms with Gasteiger partial charge in [0.25, 0.3) is 5.91 Å². The Morgan fingerprint density at radius 2 is 1.60 bits per heavy atom. The van der Waals surface area contributed by atoms with Crippen molar-refractivity contribution < 1.29 is 33.7 Å². The number of amides is 3. The molecule has 2 aromatic rings. The van der Waals surface area contributed by atoms with Gasteiger partial charge in [0.1, 0.15) is 23.1 Å². The summed E-state index contributed by atoms with van der Waals surface area (Å²) in [5.74, 6) is -1.64. The van der Waals surface area contributed by atoms with Crippen LogP contribution in [0, 0.1) is 17.8 Å². The second-order valence-electron chi connectivity index (χ2n) is 12.6. The van der Waals surface area contributed by atoms with Crippen LogP contribution in [0.1, 0.15) is 33.6 Å². The molecule has 0 saturated carbocycles. The highest BCUT2D eigenvalue weighted by Crippen LogP contribution is 2.61. The number of benzene rings is 2. The number of likely N-dealkylation sites (tertiary alicyclic amines) is 1. The number of carbonyl (C=O) groups excluding carboxylic acids is 3.